The molecule has 0 saturated carbocycles. The van der Waals surface area contributed by atoms with Gasteiger partial charge in [0.2, 0.25) is 5.89 Å². The second kappa shape index (κ2) is 6.77. The van der Waals surface area contributed by atoms with Crippen molar-refractivity contribution in [3.8, 4) is 0 Å². The minimum Gasteiger partial charge on any atom is -0.368 e. The fraction of sp³-hybridized carbons (Fsp3) is 0.812. The van der Waals surface area contributed by atoms with Gasteiger partial charge in [0.15, 0.2) is 5.82 Å². The van der Waals surface area contributed by atoms with E-state index in [2.05, 4.69) is 24.0 Å². The zero-order valence-electron chi connectivity index (χ0n) is 13.5. The van der Waals surface area contributed by atoms with E-state index in [9.17, 15) is 4.79 Å². The van der Waals surface area contributed by atoms with Gasteiger partial charge in [0, 0.05) is 31.5 Å². The summed E-state index contributed by atoms with van der Waals surface area (Å²) in [6.07, 6.45) is 4.43. The number of aromatic nitrogens is 2. The van der Waals surface area contributed by atoms with Crippen LogP contribution >= 0.6 is 0 Å². The lowest BCUT2D eigenvalue weighted by molar-refractivity contribution is -0.142. The van der Waals surface area contributed by atoms with Crippen molar-refractivity contribution in [1.82, 2.24) is 15.0 Å². The Kier molecular flexibility index (Phi) is 4.76. The molecule has 2 unspecified atom stereocenters. The van der Waals surface area contributed by atoms with Gasteiger partial charge in [-0.3, -0.25) is 4.79 Å². The Bertz CT molecular complexity index is 502. The van der Waals surface area contributed by atoms with Gasteiger partial charge in [0.25, 0.3) is 5.91 Å². The molecule has 22 heavy (non-hydrogen) atoms. The molecule has 0 radical (unpaired) electrons. The normalized spacial score (nSPS) is 24.6. The standard InChI is InChI=1S/C16H25N3O3/c1-3-11(2)14-17-15(22-18-14)12-6-8-19(9-7-12)16(20)13-5-4-10-21-13/h11-13H,3-10H2,1-2H3. The highest BCUT2D eigenvalue weighted by atomic mass is 16.5. The second-order valence-corrected chi connectivity index (χ2v) is 6.40. The number of rotatable bonds is 4. The molecule has 0 aliphatic carbocycles. The predicted octanol–water partition coefficient (Wildman–Crippen LogP) is 2.47. The first kappa shape index (κ1) is 15.5. The molecule has 1 aromatic heterocycles. The molecular formula is C16H25N3O3. The molecule has 0 N–H and O–H groups in total. The molecule has 6 heteroatoms. The number of piperidine rings is 1. The molecule has 2 atom stereocenters. The Balaban J connectivity index is 1.55. The number of carbonyl (C=O) groups excluding carboxylic acids is 1. The molecule has 2 aliphatic heterocycles. The van der Waals surface area contributed by atoms with E-state index in [0.29, 0.717) is 12.5 Å². The number of likely N-dealkylation sites (tertiary alicyclic amines) is 1. The topological polar surface area (TPSA) is 68.5 Å². The maximum absolute atomic E-state index is 12.3. The highest BCUT2D eigenvalue weighted by Crippen LogP contribution is 2.29. The van der Waals surface area contributed by atoms with Crippen LogP contribution in [0.5, 0.6) is 0 Å². The van der Waals surface area contributed by atoms with Crippen molar-refractivity contribution in [3.63, 3.8) is 0 Å². The van der Waals surface area contributed by atoms with E-state index >= 15 is 0 Å². The summed E-state index contributed by atoms with van der Waals surface area (Å²) < 4.78 is 10.9. The van der Waals surface area contributed by atoms with Crippen LogP contribution in [0.4, 0.5) is 0 Å². The largest absolute Gasteiger partial charge is 0.368 e. The molecule has 3 heterocycles. The number of carbonyl (C=O) groups is 1. The van der Waals surface area contributed by atoms with Gasteiger partial charge in [-0.25, -0.2) is 0 Å². The molecule has 1 aromatic rings. The van der Waals surface area contributed by atoms with Crippen molar-refractivity contribution in [3.05, 3.63) is 11.7 Å². The maximum atomic E-state index is 12.3. The van der Waals surface area contributed by atoms with Crippen LogP contribution in [0, 0.1) is 0 Å². The van der Waals surface area contributed by atoms with Gasteiger partial charge in [-0.05, 0) is 32.1 Å². The maximum Gasteiger partial charge on any atom is 0.251 e. The first-order valence-electron chi connectivity index (χ1n) is 8.43. The zero-order chi connectivity index (χ0) is 15.5. The number of hydrogen-bond acceptors (Lipinski definition) is 5. The molecule has 1 amide bonds. The average Bonchev–Trinajstić information content (AvgIpc) is 3.25. The van der Waals surface area contributed by atoms with Gasteiger partial charge >= 0.3 is 0 Å². The van der Waals surface area contributed by atoms with Crippen LogP contribution in [0.3, 0.4) is 0 Å². The van der Waals surface area contributed by atoms with Crippen molar-refractivity contribution in [2.75, 3.05) is 19.7 Å². The number of hydrogen-bond donors (Lipinski definition) is 0. The van der Waals surface area contributed by atoms with Crippen LogP contribution in [0.2, 0.25) is 0 Å². The molecule has 2 fully saturated rings. The van der Waals surface area contributed by atoms with E-state index < -0.39 is 0 Å². The first-order valence-corrected chi connectivity index (χ1v) is 8.43. The van der Waals surface area contributed by atoms with Crippen molar-refractivity contribution in [2.45, 2.75) is 63.9 Å². The van der Waals surface area contributed by atoms with E-state index in [-0.39, 0.29) is 17.9 Å². The molecule has 122 valence electrons. The predicted molar refractivity (Wildman–Crippen MR) is 80.5 cm³/mol. The lowest BCUT2D eigenvalue weighted by Crippen LogP contribution is -2.43. The quantitative estimate of drug-likeness (QED) is 0.854. The molecule has 6 nitrogen and oxygen atoms in total. The van der Waals surface area contributed by atoms with Gasteiger partial charge in [0.1, 0.15) is 6.10 Å². The summed E-state index contributed by atoms with van der Waals surface area (Å²) in [5.41, 5.74) is 0. The number of ether oxygens (including phenoxy) is 1. The smallest absolute Gasteiger partial charge is 0.251 e. The van der Waals surface area contributed by atoms with Gasteiger partial charge < -0.3 is 14.2 Å². The Labute approximate surface area is 131 Å². The number of nitrogens with zero attached hydrogens (tertiary/aromatic N) is 3. The van der Waals surface area contributed by atoms with Gasteiger partial charge in [-0.15, -0.1) is 0 Å². The van der Waals surface area contributed by atoms with E-state index in [0.717, 1.165) is 56.9 Å². The van der Waals surface area contributed by atoms with Crippen LogP contribution in [-0.2, 0) is 9.53 Å². The Morgan fingerprint density at radius 1 is 1.36 bits per heavy atom. The van der Waals surface area contributed by atoms with Gasteiger partial charge in [-0.2, -0.15) is 4.98 Å². The fourth-order valence-electron chi connectivity index (χ4n) is 3.12. The summed E-state index contributed by atoms with van der Waals surface area (Å²) in [6, 6.07) is 0. The minimum absolute atomic E-state index is 0.154. The van der Waals surface area contributed by atoms with E-state index in [1.807, 2.05) is 4.90 Å². The molecule has 0 spiro atoms. The van der Waals surface area contributed by atoms with E-state index in [4.69, 9.17) is 9.26 Å². The molecular weight excluding hydrogens is 282 g/mol. The fourth-order valence-corrected chi connectivity index (χ4v) is 3.12. The SMILES string of the molecule is CCC(C)c1noc(C2CCN(C(=O)C3CCCO3)CC2)n1. The van der Waals surface area contributed by atoms with Crippen molar-refractivity contribution in [1.29, 1.82) is 0 Å². The summed E-state index contributed by atoms with van der Waals surface area (Å²) in [5.74, 6) is 2.30. The van der Waals surface area contributed by atoms with E-state index in [1.54, 1.807) is 0 Å². The summed E-state index contributed by atoms with van der Waals surface area (Å²) in [4.78, 5) is 18.8. The molecule has 2 saturated heterocycles. The van der Waals surface area contributed by atoms with Crippen LogP contribution in [0.15, 0.2) is 4.52 Å². The second-order valence-electron chi connectivity index (χ2n) is 6.40. The Hall–Kier alpha value is -1.43. The van der Waals surface area contributed by atoms with Crippen LogP contribution in [0.1, 0.15) is 69.5 Å². The third-order valence-corrected chi connectivity index (χ3v) is 4.87. The molecule has 3 rings (SSSR count). The molecule has 2 aliphatic rings. The summed E-state index contributed by atoms with van der Waals surface area (Å²) >= 11 is 0. The highest BCUT2D eigenvalue weighted by molar-refractivity contribution is 5.81. The zero-order valence-corrected chi connectivity index (χ0v) is 13.5. The van der Waals surface area contributed by atoms with Gasteiger partial charge in [-0.1, -0.05) is 19.0 Å². The van der Waals surface area contributed by atoms with Crippen molar-refractivity contribution >= 4 is 5.91 Å². The minimum atomic E-state index is -0.211. The van der Waals surface area contributed by atoms with Crippen molar-refractivity contribution in [2.24, 2.45) is 0 Å². The lowest BCUT2D eigenvalue weighted by Gasteiger charge is -2.31. The van der Waals surface area contributed by atoms with Crippen LogP contribution in [-0.4, -0.2) is 46.7 Å². The highest BCUT2D eigenvalue weighted by Gasteiger charge is 2.32. The Morgan fingerprint density at radius 2 is 2.14 bits per heavy atom. The lowest BCUT2D eigenvalue weighted by atomic mass is 9.96. The number of amides is 1. The third-order valence-electron chi connectivity index (χ3n) is 4.87. The third kappa shape index (κ3) is 3.16. The average molecular weight is 307 g/mol. The summed E-state index contributed by atoms with van der Waals surface area (Å²) in [6.45, 7) is 6.45. The van der Waals surface area contributed by atoms with Crippen molar-refractivity contribution < 1.29 is 14.1 Å². The monoisotopic (exact) mass is 307 g/mol. The summed E-state index contributed by atoms with van der Waals surface area (Å²) in [7, 11) is 0. The Morgan fingerprint density at radius 3 is 2.77 bits per heavy atom. The molecule has 0 aromatic carbocycles. The molecule has 0 bridgehead atoms. The summed E-state index contributed by atoms with van der Waals surface area (Å²) in [5, 5.41) is 4.09. The van der Waals surface area contributed by atoms with Gasteiger partial charge in [0.05, 0.1) is 0 Å². The van der Waals surface area contributed by atoms with E-state index in [1.165, 1.54) is 0 Å². The van der Waals surface area contributed by atoms with Crippen LogP contribution < -0.4 is 0 Å². The van der Waals surface area contributed by atoms with Crippen LogP contribution in [0.25, 0.3) is 0 Å². The first-order chi connectivity index (χ1) is 10.7.